The average molecular weight is 309 g/mol. The van der Waals surface area contributed by atoms with E-state index in [4.69, 9.17) is 27.2 Å². The second-order valence-corrected chi connectivity index (χ2v) is 5.03. The number of nitrogens with two attached hydrogens (primary N) is 1. The van der Waals surface area contributed by atoms with Gasteiger partial charge < -0.3 is 20.5 Å². The van der Waals surface area contributed by atoms with E-state index in [0.717, 1.165) is 0 Å². The Morgan fingerprint density at radius 2 is 2.38 bits per heavy atom. The summed E-state index contributed by atoms with van der Waals surface area (Å²) in [6, 6.07) is 5.01. The first-order chi connectivity index (χ1) is 10.2. The maximum Gasteiger partial charge on any atom is 0.254 e. The summed E-state index contributed by atoms with van der Waals surface area (Å²) in [5, 5.41) is 9.54. The van der Waals surface area contributed by atoms with Crippen molar-refractivity contribution in [2.24, 2.45) is 5.73 Å². The number of aliphatic hydroxyl groups excluding tert-OH is 1. The SMILES string of the molecule is NCC#Cc1ccc(C(=O)N2CCOC(CO)C2)cc1Cl. The molecule has 1 aliphatic rings. The number of nitrogens with zero attached hydrogens (tertiary/aromatic N) is 1. The molecule has 6 heteroatoms. The molecule has 0 saturated carbocycles. The third-order valence-corrected chi connectivity index (χ3v) is 3.48. The second-order valence-electron chi connectivity index (χ2n) is 4.63. The van der Waals surface area contributed by atoms with Crippen LogP contribution in [0.1, 0.15) is 15.9 Å². The van der Waals surface area contributed by atoms with Gasteiger partial charge in [0.05, 0.1) is 30.9 Å². The topological polar surface area (TPSA) is 75.8 Å². The van der Waals surface area contributed by atoms with Gasteiger partial charge in [0.2, 0.25) is 0 Å². The van der Waals surface area contributed by atoms with Crippen LogP contribution in [0.25, 0.3) is 0 Å². The molecule has 0 aliphatic carbocycles. The average Bonchev–Trinajstić information content (AvgIpc) is 2.53. The fourth-order valence-corrected chi connectivity index (χ4v) is 2.32. The van der Waals surface area contributed by atoms with Crippen molar-refractivity contribution in [2.45, 2.75) is 6.10 Å². The third kappa shape index (κ3) is 3.96. The lowest BCUT2D eigenvalue weighted by atomic mass is 10.1. The smallest absolute Gasteiger partial charge is 0.254 e. The maximum absolute atomic E-state index is 12.4. The van der Waals surface area contributed by atoms with Crippen LogP contribution in [0.4, 0.5) is 0 Å². The second kappa shape index (κ2) is 7.43. The number of amides is 1. The zero-order valence-corrected chi connectivity index (χ0v) is 12.3. The molecule has 112 valence electrons. The number of aliphatic hydroxyl groups is 1. The van der Waals surface area contributed by atoms with Gasteiger partial charge in [-0.15, -0.1) is 0 Å². The molecule has 1 aromatic rings. The van der Waals surface area contributed by atoms with Gasteiger partial charge in [0.25, 0.3) is 5.91 Å². The van der Waals surface area contributed by atoms with E-state index in [1.807, 2.05) is 0 Å². The summed E-state index contributed by atoms with van der Waals surface area (Å²) < 4.78 is 5.33. The van der Waals surface area contributed by atoms with Crippen molar-refractivity contribution in [3.05, 3.63) is 34.3 Å². The van der Waals surface area contributed by atoms with Crippen molar-refractivity contribution in [1.82, 2.24) is 4.90 Å². The quantitative estimate of drug-likeness (QED) is 0.779. The Labute approximate surface area is 128 Å². The van der Waals surface area contributed by atoms with Crippen molar-refractivity contribution in [1.29, 1.82) is 0 Å². The van der Waals surface area contributed by atoms with Crippen LogP contribution < -0.4 is 5.73 Å². The molecule has 21 heavy (non-hydrogen) atoms. The van der Waals surface area contributed by atoms with Gasteiger partial charge in [0, 0.05) is 24.2 Å². The summed E-state index contributed by atoms with van der Waals surface area (Å²) in [5.41, 5.74) is 6.46. The summed E-state index contributed by atoms with van der Waals surface area (Å²) in [4.78, 5) is 14.1. The summed E-state index contributed by atoms with van der Waals surface area (Å²) in [6.07, 6.45) is -0.326. The van der Waals surface area contributed by atoms with Crippen LogP contribution in [0.2, 0.25) is 5.02 Å². The van der Waals surface area contributed by atoms with Crippen molar-refractivity contribution in [2.75, 3.05) is 32.8 Å². The number of rotatable bonds is 2. The number of benzene rings is 1. The number of ether oxygens (including phenoxy) is 1. The predicted molar refractivity (Wildman–Crippen MR) is 80.1 cm³/mol. The molecule has 5 nitrogen and oxygen atoms in total. The van der Waals surface area contributed by atoms with E-state index in [2.05, 4.69) is 11.8 Å². The van der Waals surface area contributed by atoms with Crippen LogP contribution in [-0.2, 0) is 4.74 Å². The first-order valence-electron chi connectivity index (χ1n) is 6.66. The number of carbonyl (C=O) groups excluding carboxylic acids is 1. The number of hydrogen-bond donors (Lipinski definition) is 2. The standard InChI is InChI=1S/C15H17ClN2O3/c16-14-8-12(4-3-11(14)2-1-5-17)15(20)18-6-7-21-13(9-18)10-19/h3-4,8,13,19H,5-7,9-10,17H2. The lowest BCUT2D eigenvalue weighted by Gasteiger charge is -2.32. The molecule has 1 heterocycles. The predicted octanol–water partition coefficient (Wildman–Crippen LogP) is 0.484. The van der Waals surface area contributed by atoms with Crippen LogP contribution in [0.5, 0.6) is 0 Å². The monoisotopic (exact) mass is 308 g/mol. The largest absolute Gasteiger partial charge is 0.394 e. The Hall–Kier alpha value is -1.58. The summed E-state index contributed by atoms with van der Waals surface area (Å²) in [6.45, 7) is 1.46. The third-order valence-electron chi connectivity index (χ3n) is 3.17. The Bertz CT molecular complexity index is 580. The van der Waals surface area contributed by atoms with Gasteiger partial charge in [-0.25, -0.2) is 0 Å². The van der Waals surface area contributed by atoms with Gasteiger partial charge in [-0.1, -0.05) is 23.4 Å². The molecule has 1 saturated heterocycles. The van der Waals surface area contributed by atoms with Gasteiger partial charge in [-0.05, 0) is 18.2 Å². The molecular weight excluding hydrogens is 292 g/mol. The number of morpholine rings is 1. The zero-order chi connectivity index (χ0) is 15.2. The van der Waals surface area contributed by atoms with E-state index < -0.39 is 0 Å². The molecule has 2 rings (SSSR count). The van der Waals surface area contributed by atoms with E-state index in [1.165, 1.54) is 0 Å². The Kier molecular flexibility index (Phi) is 5.59. The van der Waals surface area contributed by atoms with E-state index >= 15 is 0 Å². The Morgan fingerprint density at radius 1 is 1.57 bits per heavy atom. The molecule has 1 unspecified atom stereocenters. The zero-order valence-electron chi connectivity index (χ0n) is 11.5. The van der Waals surface area contributed by atoms with Crippen molar-refractivity contribution in [3.8, 4) is 11.8 Å². The molecule has 3 N–H and O–H groups in total. The van der Waals surface area contributed by atoms with E-state index in [1.54, 1.807) is 23.1 Å². The summed E-state index contributed by atoms with van der Waals surface area (Å²) in [5.74, 6) is 5.45. The minimum atomic E-state index is -0.326. The Balaban J connectivity index is 2.14. The molecular formula is C15H17ClN2O3. The number of halogens is 1. The van der Waals surface area contributed by atoms with E-state index in [9.17, 15) is 4.79 Å². The highest BCUT2D eigenvalue weighted by Crippen LogP contribution is 2.19. The van der Waals surface area contributed by atoms with Crippen molar-refractivity contribution >= 4 is 17.5 Å². The highest BCUT2D eigenvalue weighted by molar-refractivity contribution is 6.32. The molecule has 0 spiro atoms. The fourth-order valence-electron chi connectivity index (χ4n) is 2.09. The minimum absolute atomic E-state index is 0.0991. The van der Waals surface area contributed by atoms with Crippen LogP contribution in [0, 0.1) is 11.8 Å². The van der Waals surface area contributed by atoms with Crippen LogP contribution >= 0.6 is 11.6 Å². The Morgan fingerprint density at radius 3 is 3.05 bits per heavy atom. The highest BCUT2D eigenvalue weighted by atomic mass is 35.5. The van der Waals surface area contributed by atoms with Crippen LogP contribution in [-0.4, -0.2) is 54.9 Å². The fraction of sp³-hybridized carbons (Fsp3) is 0.400. The van der Waals surface area contributed by atoms with Gasteiger partial charge >= 0.3 is 0 Å². The van der Waals surface area contributed by atoms with Crippen molar-refractivity contribution in [3.63, 3.8) is 0 Å². The first-order valence-corrected chi connectivity index (χ1v) is 7.03. The maximum atomic E-state index is 12.4. The first kappa shape index (κ1) is 15.8. The van der Waals surface area contributed by atoms with Gasteiger partial charge in [0.1, 0.15) is 0 Å². The van der Waals surface area contributed by atoms with E-state index in [0.29, 0.717) is 35.8 Å². The number of carbonyl (C=O) groups is 1. The normalized spacial score (nSPS) is 18.0. The van der Waals surface area contributed by atoms with Gasteiger partial charge in [-0.3, -0.25) is 4.79 Å². The molecule has 1 aromatic carbocycles. The highest BCUT2D eigenvalue weighted by Gasteiger charge is 2.24. The molecule has 1 amide bonds. The van der Waals surface area contributed by atoms with Crippen LogP contribution in [0.3, 0.4) is 0 Å². The molecule has 1 atom stereocenters. The molecule has 0 aromatic heterocycles. The van der Waals surface area contributed by atoms with Crippen molar-refractivity contribution < 1.29 is 14.6 Å². The minimum Gasteiger partial charge on any atom is -0.394 e. The van der Waals surface area contributed by atoms with Crippen LogP contribution in [0.15, 0.2) is 18.2 Å². The molecule has 0 bridgehead atoms. The lowest BCUT2D eigenvalue weighted by molar-refractivity contribution is -0.0447. The van der Waals surface area contributed by atoms with Gasteiger partial charge in [-0.2, -0.15) is 0 Å². The molecule has 1 fully saturated rings. The summed E-state index contributed by atoms with van der Waals surface area (Å²) >= 11 is 6.13. The van der Waals surface area contributed by atoms with E-state index in [-0.39, 0.29) is 25.2 Å². The van der Waals surface area contributed by atoms with Gasteiger partial charge in [0.15, 0.2) is 0 Å². The number of hydrogen-bond acceptors (Lipinski definition) is 4. The molecule has 1 aliphatic heterocycles. The molecule has 0 radical (unpaired) electrons. The lowest BCUT2D eigenvalue weighted by Crippen LogP contribution is -2.46. The summed E-state index contributed by atoms with van der Waals surface area (Å²) in [7, 11) is 0.